The van der Waals surface area contributed by atoms with Gasteiger partial charge in [0.1, 0.15) is 0 Å². The van der Waals surface area contributed by atoms with Gasteiger partial charge < -0.3 is 13.9 Å². The molecule has 0 bridgehead atoms. The van der Waals surface area contributed by atoms with Crippen LogP contribution in [0.25, 0.3) is 0 Å². The Labute approximate surface area is 171 Å². The summed E-state index contributed by atoms with van der Waals surface area (Å²) in [4.78, 5) is 28.4. The van der Waals surface area contributed by atoms with E-state index in [4.69, 9.17) is 13.9 Å². The zero-order valence-electron chi connectivity index (χ0n) is 19.0. The quantitative estimate of drug-likeness (QED) is 0.361. The number of carbonyl (C=O) groups excluding carboxylic acids is 2. The summed E-state index contributed by atoms with van der Waals surface area (Å²) >= 11 is 0. The fourth-order valence-electron chi connectivity index (χ4n) is 4.53. The normalized spacial score (nSPS) is 27.5. The lowest BCUT2D eigenvalue weighted by molar-refractivity contribution is -0.176. The molecule has 2 saturated heterocycles. The molecule has 2 heterocycles. The number of fused-ring (bicyclic) bond motifs is 1. The Morgan fingerprint density at radius 1 is 1.11 bits per heavy atom. The minimum absolute atomic E-state index is 0.102. The van der Waals surface area contributed by atoms with Gasteiger partial charge in [0.05, 0.1) is 13.2 Å². The Morgan fingerprint density at radius 2 is 1.64 bits per heavy atom. The van der Waals surface area contributed by atoms with Gasteiger partial charge in [0, 0.05) is 31.0 Å². The molecule has 0 aromatic heterocycles. The highest BCUT2D eigenvalue weighted by Crippen LogP contribution is 2.50. The Hall–Kier alpha value is -0.923. The van der Waals surface area contributed by atoms with Gasteiger partial charge in [0.2, 0.25) is 5.54 Å². The van der Waals surface area contributed by atoms with Crippen LogP contribution in [0.4, 0.5) is 0 Å². The van der Waals surface area contributed by atoms with E-state index in [-0.39, 0.29) is 36.1 Å². The van der Waals surface area contributed by atoms with Crippen molar-refractivity contribution in [3.63, 3.8) is 0 Å². The van der Waals surface area contributed by atoms with Gasteiger partial charge >= 0.3 is 11.9 Å². The summed E-state index contributed by atoms with van der Waals surface area (Å²) in [6.45, 7) is 18.5. The average Bonchev–Trinajstić information content (AvgIpc) is 3.12. The van der Waals surface area contributed by atoms with Crippen molar-refractivity contribution in [3.8, 4) is 0 Å². The van der Waals surface area contributed by atoms with Crippen molar-refractivity contribution in [2.45, 2.75) is 84.1 Å². The molecule has 0 aromatic carbocycles. The zero-order chi connectivity index (χ0) is 21.3. The van der Waals surface area contributed by atoms with Gasteiger partial charge in [-0.3, -0.25) is 4.90 Å². The molecule has 7 heteroatoms. The summed E-state index contributed by atoms with van der Waals surface area (Å²) < 4.78 is 17.4. The third kappa shape index (κ3) is 3.77. The topological polar surface area (TPSA) is 65.1 Å². The zero-order valence-corrected chi connectivity index (χ0v) is 20.0. The predicted octanol–water partition coefficient (Wildman–Crippen LogP) is 3.60. The summed E-state index contributed by atoms with van der Waals surface area (Å²) in [6, 6.07) is 0.147. The van der Waals surface area contributed by atoms with Crippen LogP contribution in [-0.4, -0.2) is 63.1 Å². The molecule has 2 rings (SSSR count). The molecule has 0 spiro atoms. The molecule has 0 unspecified atom stereocenters. The molecule has 0 saturated carbocycles. The Kier molecular flexibility index (Phi) is 7.04. The van der Waals surface area contributed by atoms with Gasteiger partial charge in [-0.1, -0.05) is 27.7 Å². The second-order valence-corrected chi connectivity index (χ2v) is 14.4. The van der Waals surface area contributed by atoms with Crippen LogP contribution in [-0.2, 0) is 23.5 Å². The fourth-order valence-corrected chi connectivity index (χ4v) is 5.57. The van der Waals surface area contributed by atoms with Gasteiger partial charge in [0.25, 0.3) is 0 Å². The van der Waals surface area contributed by atoms with Gasteiger partial charge in [0.15, 0.2) is 8.32 Å². The van der Waals surface area contributed by atoms with Gasteiger partial charge in [-0.25, -0.2) is 9.59 Å². The van der Waals surface area contributed by atoms with Crippen LogP contribution in [0, 0.1) is 11.8 Å². The molecular weight excluding hydrogens is 374 g/mol. The third-order valence-electron chi connectivity index (χ3n) is 7.16. The molecule has 0 N–H and O–H groups in total. The van der Waals surface area contributed by atoms with Gasteiger partial charge in [-0.05, 0) is 44.8 Å². The highest BCUT2D eigenvalue weighted by Gasteiger charge is 2.68. The maximum atomic E-state index is 13.1. The molecule has 6 nitrogen and oxygen atoms in total. The maximum Gasteiger partial charge on any atom is 0.338 e. The van der Waals surface area contributed by atoms with E-state index in [1.165, 1.54) is 0 Å². The minimum Gasteiger partial charge on any atom is -0.464 e. The second-order valence-electron chi connectivity index (χ2n) is 9.63. The Balaban J connectivity index is 2.37. The molecule has 28 heavy (non-hydrogen) atoms. The van der Waals surface area contributed by atoms with Crippen LogP contribution in [0.2, 0.25) is 18.1 Å². The van der Waals surface area contributed by atoms with Crippen molar-refractivity contribution in [2.75, 3.05) is 26.4 Å². The van der Waals surface area contributed by atoms with Crippen LogP contribution < -0.4 is 0 Å². The van der Waals surface area contributed by atoms with Crippen molar-refractivity contribution in [2.24, 2.45) is 11.8 Å². The first kappa shape index (κ1) is 23.4. The lowest BCUT2D eigenvalue weighted by atomic mass is 9.79. The third-order valence-corrected chi connectivity index (χ3v) is 11.7. The summed E-state index contributed by atoms with van der Waals surface area (Å²) in [6.07, 6.45) is 1.94. The fraction of sp³-hybridized carbons (Fsp3) is 0.905. The molecule has 2 aliphatic heterocycles. The number of esters is 2. The van der Waals surface area contributed by atoms with E-state index in [1.54, 1.807) is 13.8 Å². The van der Waals surface area contributed by atoms with Crippen molar-refractivity contribution >= 4 is 20.3 Å². The molecule has 0 amide bonds. The van der Waals surface area contributed by atoms with Gasteiger partial charge in [-0.15, -0.1) is 0 Å². The van der Waals surface area contributed by atoms with E-state index in [2.05, 4.69) is 38.8 Å². The molecule has 0 radical (unpaired) electrons. The SMILES string of the molecule is CCOC(=O)C1(C(=O)OCC)[C@H](C)[C@@H](CO[Si](C)(C)C(C)(C)C)[C@H]2CCCN21. The van der Waals surface area contributed by atoms with Crippen LogP contribution in [0.5, 0.6) is 0 Å². The smallest absolute Gasteiger partial charge is 0.338 e. The largest absolute Gasteiger partial charge is 0.464 e. The first-order valence-corrected chi connectivity index (χ1v) is 13.6. The Morgan fingerprint density at radius 3 is 2.11 bits per heavy atom. The molecular formula is C21H39NO5Si. The lowest BCUT2D eigenvalue weighted by Crippen LogP contribution is -2.61. The monoisotopic (exact) mass is 413 g/mol. The number of hydrogen-bond acceptors (Lipinski definition) is 6. The number of ether oxygens (including phenoxy) is 2. The molecule has 0 aliphatic carbocycles. The summed E-state index contributed by atoms with van der Waals surface area (Å²) in [5.74, 6) is -1.06. The summed E-state index contributed by atoms with van der Waals surface area (Å²) in [5, 5.41) is 0.115. The summed E-state index contributed by atoms with van der Waals surface area (Å²) in [7, 11) is -1.93. The molecule has 0 aromatic rings. The van der Waals surface area contributed by atoms with Crippen LogP contribution in [0.1, 0.15) is 54.4 Å². The lowest BCUT2D eigenvalue weighted by Gasteiger charge is -2.38. The van der Waals surface area contributed by atoms with E-state index in [0.717, 1.165) is 12.8 Å². The number of nitrogens with zero attached hydrogens (tertiary/aromatic N) is 1. The van der Waals surface area contributed by atoms with E-state index in [9.17, 15) is 9.59 Å². The van der Waals surface area contributed by atoms with Crippen molar-refractivity contribution in [1.29, 1.82) is 0 Å². The van der Waals surface area contributed by atoms with E-state index >= 15 is 0 Å². The first-order valence-electron chi connectivity index (χ1n) is 10.7. The van der Waals surface area contributed by atoms with E-state index < -0.39 is 25.8 Å². The standard InChI is InChI=1S/C21H39NO5Si/c1-9-25-18(23)21(19(24)26-10-2)15(3)16(17-12-11-13-22(17)21)14-27-28(7,8)20(4,5)6/h15-17H,9-14H2,1-8H3/t15-,16-,17-/m1/s1. The van der Waals surface area contributed by atoms with Crippen molar-refractivity contribution < 1.29 is 23.5 Å². The Bertz CT molecular complexity index is 568. The molecule has 2 fully saturated rings. The number of carbonyl (C=O) groups is 2. The number of rotatable bonds is 7. The van der Waals surface area contributed by atoms with E-state index in [1.807, 2.05) is 6.92 Å². The highest BCUT2D eigenvalue weighted by atomic mass is 28.4. The van der Waals surface area contributed by atoms with Crippen LogP contribution >= 0.6 is 0 Å². The van der Waals surface area contributed by atoms with E-state index in [0.29, 0.717) is 13.2 Å². The predicted molar refractivity (Wildman–Crippen MR) is 112 cm³/mol. The maximum absolute atomic E-state index is 13.1. The highest BCUT2D eigenvalue weighted by molar-refractivity contribution is 6.74. The molecule has 3 atom stereocenters. The number of hydrogen-bond donors (Lipinski definition) is 0. The molecule has 2 aliphatic rings. The molecule has 162 valence electrons. The van der Waals surface area contributed by atoms with Gasteiger partial charge in [-0.2, -0.15) is 0 Å². The second kappa shape index (κ2) is 8.44. The van der Waals surface area contributed by atoms with Crippen molar-refractivity contribution in [1.82, 2.24) is 4.90 Å². The summed E-state index contributed by atoms with van der Waals surface area (Å²) in [5.41, 5.74) is -1.35. The minimum atomic E-state index is -1.93. The first-order chi connectivity index (χ1) is 12.9. The van der Waals surface area contributed by atoms with Crippen molar-refractivity contribution in [3.05, 3.63) is 0 Å². The van der Waals surface area contributed by atoms with Crippen LogP contribution in [0.3, 0.4) is 0 Å². The van der Waals surface area contributed by atoms with Crippen LogP contribution in [0.15, 0.2) is 0 Å². The average molecular weight is 414 g/mol.